The third-order valence-electron chi connectivity index (χ3n) is 3.47. The first-order valence-electron chi connectivity index (χ1n) is 7.42. The van der Waals surface area contributed by atoms with Gasteiger partial charge in [-0.2, -0.15) is 4.98 Å². The summed E-state index contributed by atoms with van der Waals surface area (Å²) in [7, 11) is 1.91. The first-order valence-corrected chi connectivity index (χ1v) is 7.42. The second-order valence-corrected chi connectivity index (χ2v) is 5.33. The summed E-state index contributed by atoms with van der Waals surface area (Å²) in [5.74, 6) is -0.381. The zero-order chi connectivity index (χ0) is 16.9. The minimum atomic E-state index is -0.693. The summed E-state index contributed by atoms with van der Waals surface area (Å²) in [5.41, 5.74) is 1.27. The molecule has 1 aromatic heterocycles. The van der Waals surface area contributed by atoms with Gasteiger partial charge in [-0.1, -0.05) is 30.3 Å². The fourth-order valence-corrected chi connectivity index (χ4v) is 2.27. The van der Waals surface area contributed by atoms with Crippen molar-refractivity contribution in [1.82, 2.24) is 9.97 Å². The minimum absolute atomic E-state index is 0.124. The highest BCUT2D eigenvalue weighted by Gasteiger charge is 2.08. The molecule has 0 amide bonds. The summed E-state index contributed by atoms with van der Waals surface area (Å²) in [6.07, 6.45) is 1.59. The number of hydrogen-bond donors (Lipinski definition) is 1. The van der Waals surface area contributed by atoms with Crippen molar-refractivity contribution in [2.45, 2.75) is 6.54 Å². The summed E-state index contributed by atoms with van der Waals surface area (Å²) in [6.45, 7) is 0.683. The Morgan fingerprint density at radius 1 is 1.04 bits per heavy atom. The van der Waals surface area contributed by atoms with E-state index < -0.39 is 11.6 Å². The molecular weight excluding hydrogens is 310 g/mol. The lowest BCUT2D eigenvalue weighted by atomic mass is 10.2. The Labute approximate surface area is 138 Å². The second-order valence-electron chi connectivity index (χ2n) is 5.33. The first-order chi connectivity index (χ1) is 11.6. The molecule has 4 nitrogen and oxygen atoms in total. The maximum Gasteiger partial charge on any atom is 0.229 e. The van der Waals surface area contributed by atoms with Crippen LogP contribution >= 0.6 is 0 Å². The molecule has 1 N–H and O–H groups in total. The van der Waals surface area contributed by atoms with Gasteiger partial charge in [0.25, 0.3) is 0 Å². The molecule has 0 bridgehead atoms. The Hall–Kier alpha value is -3.02. The number of benzene rings is 2. The number of aromatic nitrogens is 2. The van der Waals surface area contributed by atoms with Crippen molar-refractivity contribution >= 4 is 17.5 Å². The van der Waals surface area contributed by atoms with Crippen LogP contribution in [0.3, 0.4) is 0 Å². The van der Waals surface area contributed by atoms with E-state index in [-0.39, 0.29) is 11.6 Å². The van der Waals surface area contributed by atoms with Gasteiger partial charge in [-0.3, -0.25) is 0 Å². The number of rotatable bonds is 5. The lowest BCUT2D eigenvalue weighted by molar-refractivity contribution is 0.586. The number of hydrogen-bond acceptors (Lipinski definition) is 4. The van der Waals surface area contributed by atoms with Crippen molar-refractivity contribution in [3.63, 3.8) is 0 Å². The van der Waals surface area contributed by atoms with Crippen LogP contribution in [0.15, 0.2) is 60.8 Å². The fourth-order valence-electron chi connectivity index (χ4n) is 2.27. The van der Waals surface area contributed by atoms with Crippen LogP contribution in [0.25, 0.3) is 0 Å². The van der Waals surface area contributed by atoms with Crippen LogP contribution in [0.2, 0.25) is 0 Å². The van der Waals surface area contributed by atoms with E-state index in [1.165, 1.54) is 12.1 Å². The van der Waals surface area contributed by atoms with Crippen molar-refractivity contribution in [3.05, 3.63) is 78.0 Å². The highest BCUT2D eigenvalue weighted by atomic mass is 19.1. The van der Waals surface area contributed by atoms with E-state index in [1.54, 1.807) is 12.3 Å². The first kappa shape index (κ1) is 15.9. The van der Waals surface area contributed by atoms with Crippen molar-refractivity contribution in [3.8, 4) is 0 Å². The van der Waals surface area contributed by atoms with Crippen molar-refractivity contribution < 1.29 is 8.78 Å². The molecule has 3 aromatic rings. The Kier molecular flexibility index (Phi) is 4.65. The van der Waals surface area contributed by atoms with Crippen LogP contribution < -0.4 is 10.2 Å². The summed E-state index contributed by atoms with van der Waals surface area (Å²) in [4.78, 5) is 10.4. The van der Waals surface area contributed by atoms with Gasteiger partial charge in [0.15, 0.2) is 0 Å². The van der Waals surface area contributed by atoms with E-state index in [0.717, 1.165) is 11.6 Å². The average Bonchev–Trinajstić information content (AvgIpc) is 2.59. The lowest BCUT2D eigenvalue weighted by Gasteiger charge is -2.18. The Balaban J connectivity index is 1.76. The molecule has 0 aliphatic rings. The number of nitrogens with one attached hydrogen (secondary N) is 1. The average molecular weight is 326 g/mol. The molecule has 0 aliphatic carbocycles. The molecular formula is C18H16F2N4. The van der Waals surface area contributed by atoms with Gasteiger partial charge < -0.3 is 10.2 Å². The monoisotopic (exact) mass is 326 g/mol. The molecule has 0 saturated carbocycles. The summed E-state index contributed by atoms with van der Waals surface area (Å²) >= 11 is 0. The molecule has 122 valence electrons. The molecule has 3 rings (SSSR count). The fraction of sp³-hybridized carbons (Fsp3) is 0.111. The molecule has 0 aliphatic heterocycles. The van der Waals surface area contributed by atoms with Gasteiger partial charge in [0, 0.05) is 25.9 Å². The van der Waals surface area contributed by atoms with Gasteiger partial charge in [-0.05, 0) is 23.8 Å². The summed E-state index contributed by atoms with van der Waals surface area (Å²) in [6, 6.07) is 15.1. The van der Waals surface area contributed by atoms with E-state index in [9.17, 15) is 8.78 Å². The Bertz CT molecular complexity index is 824. The van der Waals surface area contributed by atoms with E-state index in [1.807, 2.05) is 42.3 Å². The quantitative estimate of drug-likeness (QED) is 0.765. The van der Waals surface area contributed by atoms with Gasteiger partial charge in [0.05, 0.1) is 5.69 Å². The molecule has 0 saturated heterocycles. The molecule has 0 fully saturated rings. The van der Waals surface area contributed by atoms with Crippen LogP contribution in [0.4, 0.5) is 26.2 Å². The largest absolute Gasteiger partial charge is 0.355 e. The number of anilines is 3. The second kappa shape index (κ2) is 7.04. The zero-order valence-corrected chi connectivity index (χ0v) is 13.1. The van der Waals surface area contributed by atoms with Crippen molar-refractivity contribution in [2.24, 2.45) is 0 Å². The molecule has 0 radical (unpaired) electrons. The summed E-state index contributed by atoms with van der Waals surface area (Å²) in [5, 5.41) is 2.77. The highest BCUT2D eigenvalue weighted by molar-refractivity contribution is 5.55. The van der Waals surface area contributed by atoms with E-state index in [0.29, 0.717) is 12.4 Å². The van der Waals surface area contributed by atoms with Gasteiger partial charge in [0.1, 0.15) is 17.5 Å². The normalized spacial score (nSPS) is 10.5. The van der Waals surface area contributed by atoms with Crippen molar-refractivity contribution in [2.75, 3.05) is 17.3 Å². The molecule has 1 heterocycles. The smallest absolute Gasteiger partial charge is 0.229 e. The molecule has 24 heavy (non-hydrogen) atoms. The van der Waals surface area contributed by atoms with Gasteiger partial charge in [-0.25, -0.2) is 13.8 Å². The molecule has 0 spiro atoms. The molecule has 0 atom stereocenters. The third-order valence-corrected chi connectivity index (χ3v) is 3.47. The molecule has 0 unspecified atom stereocenters. The van der Waals surface area contributed by atoms with Crippen LogP contribution in [-0.2, 0) is 6.54 Å². The van der Waals surface area contributed by atoms with E-state index in [4.69, 9.17) is 0 Å². The third kappa shape index (κ3) is 3.84. The molecule has 2 aromatic carbocycles. The predicted molar refractivity (Wildman–Crippen MR) is 90.2 cm³/mol. The van der Waals surface area contributed by atoms with Gasteiger partial charge in [-0.15, -0.1) is 0 Å². The lowest BCUT2D eigenvalue weighted by Crippen LogP contribution is -2.18. The summed E-state index contributed by atoms with van der Waals surface area (Å²) < 4.78 is 26.7. The van der Waals surface area contributed by atoms with E-state index >= 15 is 0 Å². The zero-order valence-electron chi connectivity index (χ0n) is 13.1. The SMILES string of the molecule is CN(Cc1ccccc1)c1ccnc(Nc2ccc(F)cc2F)n1. The minimum Gasteiger partial charge on any atom is -0.355 e. The molecule has 6 heteroatoms. The highest BCUT2D eigenvalue weighted by Crippen LogP contribution is 2.20. The van der Waals surface area contributed by atoms with E-state index in [2.05, 4.69) is 15.3 Å². The topological polar surface area (TPSA) is 41.1 Å². The Morgan fingerprint density at radius 2 is 1.83 bits per heavy atom. The van der Waals surface area contributed by atoms with Crippen LogP contribution in [0.5, 0.6) is 0 Å². The predicted octanol–water partition coefficient (Wildman–Crippen LogP) is 4.13. The number of nitrogens with zero attached hydrogens (tertiary/aromatic N) is 3. The maximum absolute atomic E-state index is 13.7. The number of halogens is 2. The van der Waals surface area contributed by atoms with Crippen LogP contribution in [0, 0.1) is 11.6 Å². The van der Waals surface area contributed by atoms with Gasteiger partial charge in [0.2, 0.25) is 5.95 Å². The Morgan fingerprint density at radius 3 is 2.58 bits per heavy atom. The van der Waals surface area contributed by atoms with Crippen LogP contribution in [-0.4, -0.2) is 17.0 Å². The maximum atomic E-state index is 13.7. The standard InChI is InChI=1S/C18H16F2N4/c1-24(12-13-5-3-2-4-6-13)17-9-10-21-18(23-17)22-16-8-7-14(19)11-15(16)20/h2-11H,12H2,1H3,(H,21,22,23). The van der Waals surface area contributed by atoms with Gasteiger partial charge >= 0.3 is 0 Å². The van der Waals surface area contributed by atoms with Crippen molar-refractivity contribution in [1.29, 1.82) is 0 Å². The van der Waals surface area contributed by atoms with Crippen LogP contribution in [0.1, 0.15) is 5.56 Å².